The molecule has 1 unspecified atom stereocenters. The van der Waals surface area contributed by atoms with E-state index in [9.17, 15) is 9.18 Å². The van der Waals surface area contributed by atoms with Gasteiger partial charge in [-0.3, -0.25) is 4.79 Å². The van der Waals surface area contributed by atoms with E-state index in [4.69, 9.17) is 0 Å². The molecular formula is C20H26FN3OS. The third-order valence-electron chi connectivity index (χ3n) is 3.72. The van der Waals surface area contributed by atoms with E-state index in [0.29, 0.717) is 5.16 Å². The second-order valence-corrected chi connectivity index (χ2v) is 8.60. The van der Waals surface area contributed by atoms with Crippen LogP contribution < -0.4 is 5.32 Å². The first-order valence-electron chi connectivity index (χ1n) is 8.62. The molecule has 0 fully saturated rings. The summed E-state index contributed by atoms with van der Waals surface area (Å²) in [5.74, 6) is -0.126. The molecule has 1 aromatic heterocycles. The van der Waals surface area contributed by atoms with E-state index >= 15 is 0 Å². The van der Waals surface area contributed by atoms with Crippen LogP contribution in [0.4, 0.5) is 4.39 Å². The predicted molar refractivity (Wildman–Crippen MR) is 104 cm³/mol. The van der Waals surface area contributed by atoms with E-state index in [-0.39, 0.29) is 28.9 Å². The average Bonchev–Trinajstić information content (AvgIpc) is 2.51. The molecule has 1 heterocycles. The number of amides is 1. The molecule has 0 saturated carbocycles. The molecule has 1 atom stereocenters. The third kappa shape index (κ3) is 6.75. The molecule has 0 aliphatic rings. The Kier molecular flexibility index (Phi) is 6.75. The Balaban J connectivity index is 2.04. The fourth-order valence-electron chi connectivity index (χ4n) is 2.68. The van der Waals surface area contributed by atoms with Crippen LogP contribution in [-0.2, 0) is 4.79 Å². The van der Waals surface area contributed by atoms with Crippen LogP contribution >= 0.6 is 11.8 Å². The van der Waals surface area contributed by atoms with Crippen LogP contribution in [0.2, 0.25) is 0 Å². The highest BCUT2D eigenvalue weighted by Crippen LogP contribution is 2.29. The Morgan fingerprint density at radius 1 is 1.15 bits per heavy atom. The summed E-state index contributed by atoms with van der Waals surface area (Å²) < 4.78 is 13.2. The molecule has 0 aliphatic heterocycles. The number of nitrogens with one attached hydrogen (secondary N) is 1. The Hall–Kier alpha value is -1.95. The first-order valence-corrected chi connectivity index (χ1v) is 9.61. The van der Waals surface area contributed by atoms with Crippen LogP contribution in [0.5, 0.6) is 0 Å². The molecule has 0 radical (unpaired) electrons. The van der Waals surface area contributed by atoms with Crippen molar-refractivity contribution < 1.29 is 9.18 Å². The minimum Gasteiger partial charge on any atom is -0.349 e. The summed E-state index contributed by atoms with van der Waals surface area (Å²) in [6.45, 7) is 10.2. The highest BCUT2D eigenvalue weighted by molar-refractivity contribution is 7.99. The maximum absolute atomic E-state index is 13.2. The average molecular weight is 376 g/mol. The van der Waals surface area contributed by atoms with Gasteiger partial charge in [-0.25, -0.2) is 14.4 Å². The van der Waals surface area contributed by atoms with E-state index in [2.05, 4.69) is 36.1 Å². The lowest BCUT2D eigenvalue weighted by Crippen LogP contribution is -2.32. The minimum absolute atomic E-state index is 0.0240. The normalized spacial score (nSPS) is 12.7. The summed E-state index contributed by atoms with van der Waals surface area (Å²) >= 11 is 1.32. The van der Waals surface area contributed by atoms with Crippen LogP contribution in [-0.4, -0.2) is 21.6 Å². The number of halogens is 1. The molecule has 0 spiro atoms. The van der Waals surface area contributed by atoms with Crippen molar-refractivity contribution in [1.82, 2.24) is 15.3 Å². The summed E-state index contributed by atoms with van der Waals surface area (Å²) in [5, 5.41) is 3.67. The van der Waals surface area contributed by atoms with Gasteiger partial charge in [0.25, 0.3) is 0 Å². The summed E-state index contributed by atoms with van der Waals surface area (Å²) in [6.07, 6.45) is 0.759. The summed E-state index contributed by atoms with van der Waals surface area (Å²) in [7, 11) is 0. The van der Waals surface area contributed by atoms with Crippen molar-refractivity contribution in [2.24, 2.45) is 5.41 Å². The van der Waals surface area contributed by atoms with Crippen molar-refractivity contribution in [3.05, 3.63) is 53.1 Å². The van der Waals surface area contributed by atoms with Crippen molar-refractivity contribution in [3.8, 4) is 0 Å². The van der Waals surface area contributed by atoms with Crippen LogP contribution in [0, 0.1) is 25.1 Å². The molecule has 0 bridgehead atoms. The SMILES string of the molecule is Cc1cc(C)nc(SCC(=O)NC(CC(C)(C)C)c2ccc(F)cc2)n1. The zero-order chi connectivity index (χ0) is 19.3. The van der Waals surface area contributed by atoms with Gasteiger partial charge in [0, 0.05) is 11.4 Å². The molecule has 140 valence electrons. The molecule has 1 aromatic carbocycles. The number of hydrogen-bond acceptors (Lipinski definition) is 4. The lowest BCUT2D eigenvalue weighted by Gasteiger charge is -2.27. The van der Waals surface area contributed by atoms with Crippen molar-refractivity contribution >= 4 is 17.7 Å². The fourth-order valence-corrected chi connectivity index (χ4v) is 3.44. The fraction of sp³-hybridized carbons (Fsp3) is 0.450. The standard InChI is InChI=1S/C20H26FN3OS/c1-13-10-14(2)23-19(22-13)26-12-18(25)24-17(11-20(3,4)5)15-6-8-16(21)9-7-15/h6-10,17H,11-12H2,1-5H3,(H,24,25). The Morgan fingerprint density at radius 2 is 1.73 bits per heavy atom. The van der Waals surface area contributed by atoms with Gasteiger partial charge in [0.2, 0.25) is 5.91 Å². The summed E-state index contributed by atoms with van der Waals surface area (Å²) in [6, 6.07) is 8.05. The Bertz CT molecular complexity index is 736. The van der Waals surface area contributed by atoms with Gasteiger partial charge in [0.15, 0.2) is 5.16 Å². The zero-order valence-corrected chi connectivity index (χ0v) is 16.8. The van der Waals surface area contributed by atoms with Crippen LogP contribution in [0.1, 0.15) is 50.2 Å². The topological polar surface area (TPSA) is 54.9 Å². The highest BCUT2D eigenvalue weighted by Gasteiger charge is 2.22. The Labute approximate surface area is 159 Å². The summed E-state index contributed by atoms with van der Waals surface area (Å²) in [4.78, 5) is 21.1. The van der Waals surface area contributed by atoms with Crippen LogP contribution in [0.15, 0.2) is 35.5 Å². The largest absolute Gasteiger partial charge is 0.349 e. The number of nitrogens with zero attached hydrogens (tertiary/aromatic N) is 2. The maximum atomic E-state index is 13.2. The second-order valence-electron chi connectivity index (χ2n) is 7.66. The van der Waals surface area contributed by atoms with Crippen LogP contribution in [0.3, 0.4) is 0 Å². The number of carbonyl (C=O) groups is 1. The van der Waals surface area contributed by atoms with Gasteiger partial charge in [-0.05, 0) is 49.4 Å². The van der Waals surface area contributed by atoms with Crippen LogP contribution in [0.25, 0.3) is 0 Å². The number of aryl methyl sites for hydroxylation is 2. The van der Waals surface area contributed by atoms with Crippen molar-refractivity contribution in [2.45, 2.75) is 52.2 Å². The highest BCUT2D eigenvalue weighted by atomic mass is 32.2. The Morgan fingerprint density at radius 3 is 2.27 bits per heavy atom. The van der Waals surface area contributed by atoms with Crippen molar-refractivity contribution in [3.63, 3.8) is 0 Å². The molecular weight excluding hydrogens is 349 g/mol. The first kappa shape index (κ1) is 20.4. The maximum Gasteiger partial charge on any atom is 0.230 e. The number of rotatable bonds is 6. The minimum atomic E-state index is -0.280. The smallest absolute Gasteiger partial charge is 0.230 e. The number of aromatic nitrogens is 2. The van der Waals surface area contributed by atoms with Gasteiger partial charge in [-0.1, -0.05) is 44.7 Å². The molecule has 2 aromatic rings. The molecule has 6 heteroatoms. The number of hydrogen-bond donors (Lipinski definition) is 1. The lowest BCUT2D eigenvalue weighted by atomic mass is 9.85. The molecule has 1 amide bonds. The van der Waals surface area contributed by atoms with E-state index < -0.39 is 0 Å². The van der Waals surface area contributed by atoms with E-state index in [1.165, 1.54) is 23.9 Å². The monoisotopic (exact) mass is 375 g/mol. The van der Waals surface area contributed by atoms with E-state index in [1.54, 1.807) is 12.1 Å². The van der Waals surface area contributed by atoms with E-state index in [0.717, 1.165) is 23.4 Å². The number of benzene rings is 1. The molecule has 26 heavy (non-hydrogen) atoms. The second kappa shape index (κ2) is 8.62. The van der Waals surface area contributed by atoms with Gasteiger partial charge in [0.05, 0.1) is 11.8 Å². The molecule has 0 saturated heterocycles. The third-order valence-corrected chi connectivity index (χ3v) is 4.57. The van der Waals surface area contributed by atoms with Gasteiger partial charge in [-0.2, -0.15) is 0 Å². The van der Waals surface area contributed by atoms with Gasteiger partial charge < -0.3 is 5.32 Å². The lowest BCUT2D eigenvalue weighted by molar-refractivity contribution is -0.119. The molecule has 0 aliphatic carbocycles. The van der Waals surface area contributed by atoms with Crippen molar-refractivity contribution in [2.75, 3.05) is 5.75 Å². The number of thioether (sulfide) groups is 1. The van der Waals surface area contributed by atoms with Gasteiger partial charge >= 0.3 is 0 Å². The van der Waals surface area contributed by atoms with Gasteiger partial charge in [0.1, 0.15) is 5.82 Å². The van der Waals surface area contributed by atoms with E-state index in [1.807, 2.05) is 19.9 Å². The molecule has 2 rings (SSSR count). The van der Waals surface area contributed by atoms with Gasteiger partial charge in [-0.15, -0.1) is 0 Å². The first-order chi connectivity index (χ1) is 12.1. The molecule has 4 nitrogen and oxygen atoms in total. The van der Waals surface area contributed by atoms with Crippen molar-refractivity contribution in [1.29, 1.82) is 0 Å². The zero-order valence-electron chi connectivity index (χ0n) is 16.0. The molecule has 1 N–H and O–H groups in total. The summed E-state index contributed by atoms with van der Waals surface area (Å²) in [5.41, 5.74) is 2.70. The quantitative estimate of drug-likeness (QED) is 0.591. The predicted octanol–water partition coefficient (Wildman–Crippen LogP) is 4.62. The number of carbonyl (C=O) groups excluding carboxylic acids is 1.